The topological polar surface area (TPSA) is 72.4 Å². The molecule has 1 aliphatic heterocycles. The van der Waals surface area contributed by atoms with E-state index in [1.54, 1.807) is 12.3 Å². The maximum Gasteiger partial charge on any atom is 0.242 e. The minimum atomic E-state index is -3.47. The molecule has 0 saturated carbocycles. The second-order valence-corrected chi connectivity index (χ2v) is 6.81. The van der Waals surface area contributed by atoms with Gasteiger partial charge in [0.15, 0.2) is 0 Å². The van der Waals surface area contributed by atoms with Crippen LogP contribution in [0.3, 0.4) is 0 Å². The molecule has 20 heavy (non-hydrogen) atoms. The van der Waals surface area contributed by atoms with Gasteiger partial charge in [-0.1, -0.05) is 6.92 Å². The minimum absolute atomic E-state index is 0.119. The molecule has 1 aliphatic rings. The summed E-state index contributed by atoms with van der Waals surface area (Å²) in [5.41, 5.74) is 0.951. The van der Waals surface area contributed by atoms with E-state index in [2.05, 4.69) is 10.0 Å². The van der Waals surface area contributed by atoms with Gasteiger partial charge in [-0.25, -0.2) is 13.1 Å². The number of ether oxygens (including phenoxy) is 1. The number of nitrogens with one attached hydrogen (secondary N) is 2. The van der Waals surface area contributed by atoms with Gasteiger partial charge in [0.2, 0.25) is 10.0 Å². The van der Waals surface area contributed by atoms with Gasteiger partial charge in [-0.3, -0.25) is 0 Å². The molecule has 0 aliphatic carbocycles. The van der Waals surface area contributed by atoms with Gasteiger partial charge in [-0.2, -0.15) is 0 Å². The average molecular weight is 301 g/mol. The summed E-state index contributed by atoms with van der Waals surface area (Å²) in [5, 5.41) is 3.20. The van der Waals surface area contributed by atoms with Crippen molar-refractivity contribution in [3.8, 4) is 0 Å². The highest BCUT2D eigenvalue weighted by molar-refractivity contribution is 7.89. The molecule has 1 aromatic rings. The van der Waals surface area contributed by atoms with Gasteiger partial charge in [0.1, 0.15) is 0 Å². The Morgan fingerprint density at radius 2 is 2.30 bits per heavy atom. The van der Waals surface area contributed by atoms with Crippen LogP contribution in [-0.2, 0) is 28.4 Å². The zero-order valence-corrected chi connectivity index (χ0v) is 12.9. The van der Waals surface area contributed by atoms with E-state index in [9.17, 15) is 8.42 Å². The molecule has 6 nitrogen and oxygen atoms in total. The van der Waals surface area contributed by atoms with Gasteiger partial charge in [0, 0.05) is 38.1 Å². The van der Waals surface area contributed by atoms with Crippen molar-refractivity contribution in [3.63, 3.8) is 0 Å². The lowest BCUT2D eigenvalue weighted by molar-refractivity contribution is 0.0774. The van der Waals surface area contributed by atoms with E-state index in [4.69, 9.17) is 4.74 Å². The van der Waals surface area contributed by atoms with Crippen molar-refractivity contribution in [3.05, 3.63) is 18.0 Å². The van der Waals surface area contributed by atoms with Crippen LogP contribution in [0.15, 0.2) is 17.2 Å². The summed E-state index contributed by atoms with van der Waals surface area (Å²) in [5.74, 6) is 0. The Kier molecular flexibility index (Phi) is 5.20. The third kappa shape index (κ3) is 3.82. The molecule has 0 amide bonds. The summed E-state index contributed by atoms with van der Waals surface area (Å²) >= 11 is 0. The van der Waals surface area contributed by atoms with Gasteiger partial charge < -0.3 is 14.6 Å². The maximum absolute atomic E-state index is 12.3. The zero-order valence-electron chi connectivity index (χ0n) is 12.1. The van der Waals surface area contributed by atoms with Gasteiger partial charge >= 0.3 is 0 Å². The summed E-state index contributed by atoms with van der Waals surface area (Å²) in [6, 6.07) is 1.60. The Morgan fingerprint density at radius 1 is 1.50 bits per heavy atom. The first-order valence-electron chi connectivity index (χ1n) is 6.99. The maximum atomic E-state index is 12.3. The van der Waals surface area contributed by atoms with Crippen LogP contribution in [0, 0.1) is 0 Å². The van der Waals surface area contributed by atoms with Crippen LogP contribution in [0.1, 0.15) is 25.5 Å². The number of hydrogen-bond donors (Lipinski definition) is 2. The molecule has 1 unspecified atom stereocenters. The third-order valence-electron chi connectivity index (χ3n) is 3.43. The molecule has 1 atom stereocenters. The highest BCUT2D eigenvalue weighted by atomic mass is 32.2. The Balaban J connectivity index is 2.08. The summed E-state index contributed by atoms with van der Waals surface area (Å²) < 4.78 is 34.5. The summed E-state index contributed by atoms with van der Waals surface area (Å²) in [4.78, 5) is 0.318. The van der Waals surface area contributed by atoms with Crippen molar-refractivity contribution in [2.24, 2.45) is 7.05 Å². The molecule has 7 heteroatoms. The average Bonchev–Trinajstić information content (AvgIpc) is 2.79. The van der Waals surface area contributed by atoms with E-state index in [1.165, 1.54) is 0 Å². The van der Waals surface area contributed by atoms with E-state index in [1.807, 2.05) is 18.5 Å². The fraction of sp³-hybridized carbons (Fsp3) is 0.692. The van der Waals surface area contributed by atoms with Gasteiger partial charge in [-0.05, 0) is 25.5 Å². The first-order valence-corrected chi connectivity index (χ1v) is 8.47. The normalized spacial score (nSPS) is 20.2. The van der Waals surface area contributed by atoms with Crippen LogP contribution in [0.5, 0.6) is 0 Å². The fourth-order valence-electron chi connectivity index (χ4n) is 2.27. The van der Waals surface area contributed by atoms with Crippen LogP contribution < -0.4 is 10.0 Å². The van der Waals surface area contributed by atoms with Crippen LogP contribution in [-0.4, -0.2) is 38.8 Å². The molecule has 0 bridgehead atoms. The SMILES string of the molecule is CCNCc1cc(S(=O)(=O)NC2CCCOC2)cn1C. The molecular formula is C13H23N3O3S. The van der Waals surface area contributed by atoms with E-state index in [0.29, 0.717) is 18.0 Å². The van der Waals surface area contributed by atoms with Crippen LogP contribution in [0.4, 0.5) is 0 Å². The van der Waals surface area contributed by atoms with Crippen molar-refractivity contribution in [2.75, 3.05) is 19.8 Å². The van der Waals surface area contributed by atoms with Gasteiger partial charge in [0.05, 0.1) is 11.5 Å². The molecule has 1 fully saturated rings. The van der Waals surface area contributed by atoms with E-state index in [0.717, 1.165) is 31.7 Å². The second kappa shape index (κ2) is 6.71. The minimum Gasteiger partial charge on any atom is -0.380 e. The first kappa shape index (κ1) is 15.5. The summed E-state index contributed by atoms with van der Waals surface area (Å²) in [7, 11) is -1.61. The quantitative estimate of drug-likeness (QED) is 0.807. The number of hydrogen-bond acceptors (Lipinski definition) is 4. The Bertz CT molecular complexity index is 533. The number of aromatic nitrogens is 1. The Morgan fingerprint density at radius 3 is 2.95 bits per heavy atom. The largest absolute Gasteiger partial charge is 0.380 e. The molecule has 2 heterocycles. The van der Waals surface area contributed by atoms with Crippen LogP contribution in [0.2, 0.25) is 0 Å². The molecule has 2 rings (SSSR count). The van der Waals surface area contributed by atoms with Crippen LogP contribution >= 0.6 is 0 Å². The standard InChI is InChI=1S/C13H23N3O3S/c1-3-14-8-12-7-13(9-16(12)2)20(17,18)15-11-5-4-6-19-10-11/h7,9,11,14-15H,3-6,8,10H2,1-2H3. The molecule has 114 valence electrons. The fourth-order valence-corrected chi connectivity index (χ4v) is 3.62. The van der Waals surface area contributed by atoms with E-state index < -0.39 is 10.0 Å². The highest BCUT2D eigenvalue weighted by Crippen LogP contribution is 2.16. The molecule has 1 saturated heterocycles. The summed E-state index contributed by atoms with van der Waals surface area (Å²) in [6.45, 7) is 4.71. The smallest absolute Gasteiger partial charge is 0.242 e. The molecule has 0 spiro atoms. The first-order chi connectivity index (χ1) is 9.53. The third-order valence-corrected chi connectivity index (χ3v) is 4.92. The Labute approximate surface area is 120 Å². The van der Waals surface area contributed by atoms with Crippen molar-refractivity contribution in [2.45, 2.75) is 37.2 Å². The molecule has 0 aromatic carbocycles. The van der Waals surface area contributed by atoms with Gasteiger partial charge in [0.25, 0.3) is 0 Å². The van der Waals surface area contributed by atoms with Crippen LogP contribution in [0.25, 0.3) is 0 Å². The number of rotatable bonds is 6. The monoisotopic (exact) mass is 301 g/mol. The lowest BCUT2D eigenvalue weighted by Crippen LogP contribution is -2.40. The Hall–Kier alpha value is -0.890. The highest BCUT2D eigenvalue weighted by Gasteiger charge is 2.23. The molecule has 1 aromatic heterocycles. The van der Waals surface area contributed by atoms with Crippen molar-refractivity contribution >= 4 is 10.0 Å². The molecule has 0 radical (unpaired) electrons. The zero-order chi connectivity index (χ0) is 14.6. The van der Waals surface area contributed by atoms with Crippen molar-refractivity contribution in [1.29, 1.82) is 0 Å². The second-order valence-electron chi connectivity index (χ2n) is 5.09. The lowest BCUT2D eigenvalue weighted by atomic mass is 10.1. The number of sulfonamides is 1. The van der Waals surface area contributed by atoms with Crippen molar-refractivity contribution in [1.82, 2.24) is 14.6 Å². The lowest BCUT2D eigenvalue weighted by Gasteiger charge is -2.22. The molecular weight excluding hydrogens is 278 g/mol. The predicted octanol–water partition coefficient (Wildman–Crippen LogP) is 0.592. The van der Waals surface area contributed by atoms with Gasteiger partial charge in [-0.15, -0.1) is 0 Å². The van der Waals surface area contributed by atoms with E-state index in [-0.39, 0.29) is 6.04 Å². The van der Waals surface area contributed by atoms with Crippen molar-refractivity contribution < 1.29 is 13.2 Å². The summed E-state index contributed by atoms with van der Waals surface area (Å²) in [6.07, 6.45) is 3.38. The number of aryl methyl sites for hydroxylation is 1. The predicted molar refractivity (Wildman–Crippen MR) is 77.0 cm³/mol. The van der Waals surface area contributed by atoms with E-state index >= 15 is 0 Å². The number of nitrogens with zero attached hydrogens (tertiary/aromatic N) is 1. The molecule has 2 N–H and O–H groups in total.